The van der Waals surface area contributed by atoms with Crippen LogP contribution in [0.3, 0.4) is 0 Å². The SMILES string of the molecule is C#CCN(C(=O)c1cccc(C(F)(F)F)c1)C1CCCCC1. The molecule has 1 saturated carbocycles. The number of terminal acetylenes is 1. The van der Waals surface area contributed by atoms with Gasteiger partial charge in [0.2, 0.25) is 0 Å². The molecule has 0 aliphatic heterocycles. The molecule has 0 radical (unpaired) electrons. The zero-order valence-corrected chi connectivity index (χ0v) is 12.2. The summed E-state index contributed by atoms with van der Waals surface area (Å²) in [6, 6.07) is 4.54. The summed E-state index contributed by atoms with van der Waals surface area (Å²) in [6.45, 7) is 0.125. The minimum atomic E-state index is -4.46. The van der Waals surface area contributed by atoms with Gasteiger partial charge in [0.1, 0.15) is 0 Å². The van der Waals surface area contributed by atoms with Crippen molar-refractivity contribution in [3.63, 3.8) is 0 Å². The summed E-state index contributed by atoms with van der Waals surface area (Å²) in [7, 11) is 0. The first kappa shape index (κ1) is 16.4. The smallest absolute Gasteiger partial charge is 0.325 e. The van der Waals surface area contributed by atoms with Gasteiger partial charge in [0.15, 0.2) is 0 Å². The fourth-order valence-electron chi connectivity index (χ4n) is 2.85. The highest BCUT2D eigenvalue weighted by atomic mass is 19.4. The zero-order chi connectivity index (χ0) is 16.2. The van der Waals surface area contributed by atoms with Crippen molar-refractivity contribution in [2.45, 2.75) is 44.3 Å². The van der Waals surface area contributed by atoms with E-state index in [4.69, 9.17) is 6.42 Å². The average Bonchev–Trinajstić information content (AvgIpc) is 2.52. The number of benzene rings is 1. The van der Waals surface area contributed by atoms with E-state index in [-0.39, 0.29) is 18.2 Å². The molecule has 1 fully saturated rings. The number of hydrogen-bond donors (Lipinski definition) is 0. The molecule has 118 valence electrons. The Hall–Kier alpha value is -1.96. The van der Waals surface area contributed by atoms with Crippen molar-refractivity contribution < 1.29 is 18.0 Å². The number of carbonyl (C=O) groups excluding carboxylic acids is 1. The van der Waals surface area contributed by atoms with E-state index in [1.807, 2.05) is 0 Å². The molecule has 2 nitrogen and oxygen atoms in total. The van der Waals surface area contributed by atoms with Gasteiger partial charge < -0.3 is 4.90 Å². The molecule has 0 aromatic heterocycles. The van der Waals surface area contributed by atoms with Gasteiger partial charge in [0.25, 0.3) is 5.91 Å². The fourth-order valence-corrected chi connectivity index (χ4v) is 2.85. The highest BCUT2D eigenvalue weighted by molar-refractivity contribution is 5.94. The van der Waals surface area contributed by atoms with Gasteiger partial charge in [-0.05, 0) is 31.0 Å². The standard InChI is InChI=1S/C17H18F3NO/c1-2-11-21(15-9-4-3-5-10-15)16(22)13-7-6-8-14(12-13)17(18,19)20/h1,6-8,12,15H,3-5,9-11H2. The molecule has 1 aliphatic rings. The molecule has 1 aliphatic carbocycles. The van der Waals surface area contributed by atoms with Crippen LogP contribution in [0.25, 0.3) is 0 Å². The average molecular weight is 309 g/mol. The van der Waals surface area contributed by atoms with Gasteiger partial charge in [0.05, 0.1) is 12.1 Å². The van der Waals surface area contributed by atoms with Crippen molar-refractivity contribution in [2.24, 2.45) is 0 Å². The third-order valence-electron chi connectivity index (χ3n) is 3.97. The Morgan fingerprint density at radius 3 is 2.55 bits per heavy atom. The Balaban J connectivity index is 2.25. The van der Waals surface area contributed by atoms with Gasteiger partial charge in [-0.1, -0.05) is 31.2 Å². The number of halogens is 3. The normalized spacial score (nSPS) is 16.1. The summed E-state index contributed by atoms with van der Waals surface area (Å²) in [4.78, 5) is 14.1. The molecule has 0 bridgehead atoms. The van der Waals surface area contributed by atoms with Crippen LogP contribution >= 0.6 is 0 Å². The Bertz CT molecular complexity index is 568. The Kier molecular flexibility index (Phi) is 5.12. The first-order valence-electron chi connectivity index (χ1n) is 7.35. The monoisotopic (exact) mass is 309 g/mol. The molecular formula is C17H18F3NO. The maximum absolute atomic E-state index is 12.8. The van der Waals surface area contributed by atoms with Crippen LogP contribution in [-0.4, -0.2) is 23.4 Å². The Labute approximate surface area is 128 Å². The lowest BCUT2D eigenvalue weighted by molar-refractivity contribution is -0.137. The molecule has 0 spiro atoms. The second-order valence-corrected chi connectivity index (χ2v) is 5.51. The Morgan fingerprint density at radius 2 is 1.95 bits per heavy atom. The number of hydrogen-bond acceptors (Lipinski definition) is 1. The number of rotatable bonds is 3. The third-order valence-corrected chi connectivity index (χ3v) is 3.97. The van der Waals surface area contributed by atoms with Gasteiger partial charge in [-0.25, -0.2) is 0 Å². The van der Waals surface area contributed by atoms with Gasteiger partial charge in [-0.15, -0.1) is 6.42 Å². The molecule has 22 heavy (non-hydrogen) atoms. The van der Waals surface area contributed by atoms with Crippen molar-refractivity contribution in [1.82, 2.24) is 4.90 Å². The van der Waals surface area contributed by atoms with E-state index in [0.29, 0.717) is 0 Å². The first-order chi connectivity index (χ1) is 10.4. The van der Waals surface area contributed by atoms with E-state index in [0.717, 1.165) is 44.2 Å². The van der Waals surface area contributed by atoms with Crippen molar-refractivity contribution >= 4 is 5.91 Å². The minimum Gasteiger partial charge on any atom is -0.325 e. The summed E-state index contributed by atoms with van der Waals surface area (Å²) < 4.78 is 38.3. The quantitative estimate of drug-likeness (QED) is 0.769. The lowest BCUT2D eigenvalue weighted by Gasteiger charge is -2.33. The van der Waals surface area contributed by atoms with Crippen molar-refractivity contribution in [2.75, 3.05) is 6.54 Å². The van der Waals surface area contributed by atoms with E-state index in [9.17, 15) is 18.0 Å². The predicted molar refractivity (Wildman–Crippen MR) is 78.2 cm³/mol. The second kappa shape index (κ2) is 6.87. The van der Waals surface area contributed by atoms with Crippen LogP contribution in [-0.2, 0) is 6.18 Å². The fraction of sp³-hybridized carbons (Fsp3) is 0.471. The molecule has 0 N–H and O–H groups in total. The van der Waals surface area contributed by atoms with Crippen LogP contribution in [0, 0.1) is 12.3 Å². The molecule has 0 heterocycles. The zero-order valence-electron chi connectivity index (χ0n) is 12.2. The summed E-state index contributed by atoms with van der Waals surface area (Å²) in [6.07, 6.45) is 5.73. The van der Waals surface area contributed by atoms with E-state index < -0.39 is 17.6 Å². The Morgan fingerprint density at radius 1 is 1.27 bits per heavy atom. The third kappa shape index (κ3) is 3.82. The van der Waals surface area contributed by atoms with Crippen LogP contribution in [0.2, 0.25) is 0 Å². The topological polar surface area (TPSA) is 20.3 Å². The maximum Gasteiger partial charge on any atom is 0.416 e. The van der Waals surface area contributed by atoms with Crippen LogP contribution in [0.5, 0.6) is 0 Å². The molecule has 1 aromatic rings. The van der Waals surface area contributed by atoms with Crippen LogP contribution in [0.4, 0.5) is 13.2 Å². The van der Waals surface area contributed by atoms with Crippen LogP contribution < -0.4 is 0 Å². The van der Waals surface area contributed by atoms with E-state index in [2.05, 4.69) is 5.92 Å². The largest absolute Gasteiger partial charge is 0.416 e. The summed E-state index contributed by atoms with van der Waals surface area (Å²) in [5.41, 5.74) is -0.779. The van der Waals surface area contributed by atoms with E-state index in [1.165, 1.54) is 17.0 Å². The van der Waals surface area contributed by atoms with Gasteiger partial charge in [0, 0.05) is 11.6 Å². The van der Waals surface area contributed by atoms with Crippen LogP contribution in [0.15, 0.2) is 24.3 Å². The van der Waals surface area contributed by atoms with Gasteiger partial charge in [-0.2, -0.15) is 13.2 Å². The highest BCUT2D eigenvalue weighted by Gasteiger charge is 2.32. The van der Waals surface area contributed by atoms with Gasteiger partial charge in [-0.3, -0.25) is 4.79 Å². The molecule has 0 unspecified atom stereocenters. The molecule has 5 heteroatoms. The summed E-state index contributed by atoms with van der Waals surface area (Å²) in [5, 5.41) is 0. The first-order valence-corrected chi connectivity index (χ1v) is 7.35. The van der Waals surface area contributed by atoms with Crippen molar-refractivity contribution in [3.8, 4) is 12.3 Å². The molecule has 1 amide bonds. The van der Waals surface area contributed by atoms with Gasteiger partial charge >= 0.3 is 6.18 Å². The van der Waals surface area contributed by atoms with Crippen LogP contribution in [0.1, 0.15) is 48.0 Å². The number of nitrogens with zero attached hydrogens (tertiary/aromatic N) is 1. The van der Waals surface area contributed by atoms with Crippen molar-refractivity contribution in [1.29, 1.82) is 0 Å². The second-order valence-electron chi connectivity index (χ2n) is 5.51. The number of alkyl halides is 3. The molecule has 0 saturated heterocycles. The molecule has 0 atom stereocenters. The van der Waals surface area contributed by atoms with Crippen molar-refractivity contribution in [3.05, 3.63) is 35.4 Å². The number of amides is 1. The molecular weight excluding hydrogens is 291 g/mol. The highest BCUT2D eigenvalue weighted by Crippen LogP contribution is 2.30. The summed E-state index contributed by atoms with van der Waals surface area (Å²) >= 11 is 0. The predicted octanol–water partition coefficient (Wildman–Crippen LogP) is 4.11. The molecule has 2 rings (SSSR count). The molecule has 1 aromatic carbocycles. The lowest BCUT2D eigenvalue weighted by atomic mass is 9.93. The van der Waals surface area contributed by atoms with E-state index in [1.54, 1.807) is 0 Å². The maximum atomic E-state index is 12.8. The lowest BCUT2D eigenvalue weighted by Crippen LogP contribution is -2.41. The number of carbonyl (C=O) groups is 1. The van der Waals surface area contributed by atoms with E-state index >= 15 is 0 Å². The summed E-state index contributed by atoms with van der Waals surface area (Å²) in [5.74, 6) is 2.02. The minimum absolute atomic E-state index is 0.0202.